The van der Waals surface area contributed by atoms with Gasteiger partial charge in [-0.3, -0.25) is 0 Å². The van der Waals surface area contributed by atoms with Crippen LogP contribution in [0.25, 0.3) is 0 Å². The van der Waals surface area contributed by atoms with Crippen LogP contribution in [0.3, 0.4) is 0 Å². The van der Waals surface area contributed by atoms with Crippen LogP contribution in [0.1, 0.15) is 221 Å². The third kappa shape index (κ3) is 32.8. The third-order valence-corrected chi connectivity index (χ3v) is 17.1. The van der Waals surface area contributed by atoms with E-state index < -0.39 is 5.79 Å². The number of phenolic OH excluding ortho intramolecular Hbond substituents is 3. The summed E-state index contributed by atoms with van der Waals surface area (Å²) in [7, 11) is 0. The largest absolute Gasteiger partial charge is 0.508 e. The number of para-hydroxylation sites is 1. The lowest BCUT2D eigenvalue weighted by Crippen LogP contribution is -2.40. The molecular weight excluding hydrogens is 1220 g/mol. The molecule has 98 heavy (non-hydrogen) atoms. The number of aromatic hydroxyl groups is 3. The number of hydrogen-bond donors (Lipinski definition) is 3. The van der Waals surface area contributed by atoms with Crippen molar-refractivity contribution in [3.8, 4) is 40.2 Å². The molecule has 2 aliphatic heterocycles. The first-order valence-electron chi connectivity index (χ1n) is 36.7. The average molecular weight is 1350 g/mol. The molecule has 5 atom stereocenters. The normalized spacial score (nSPS) is 15.3. The summed E-state index contributed by atoms with van der Waals surface area (Å²) in [5, 5.41) is 26.6. The molecule has 0 radical (unpaired) electrons. The number of ether oxygens (including phenoxy) is 8. The number of benzene rings is 7. The van der Waals surface area contributed by atoms with Gasteiger partial charge in [-0.2, -0.15) is 0 Å². The van der Waals surface area contributed by atoms with Crippen LogP contribution >= 0.6 is 0 Å². The summed E-state index contributed by atoms with van der Waals surface area (Å²) in [6.45, 7) is 41.3. The Kier molecular flexibility index (Phi) is 37.6. The second-order valence-corrected chi connectivity index (χ2v) is 28.5. The first kappa shape index (κ1) is 83.4. The third-order valence-electron chi connectivity index (χ3n) is 17.1. The maximum absolute atomic E-state index is 8.85. The molecule has 5 unspecified atom stereocenters. The van der Waals surface area contributed by atoms with Crippen LogP contribution in [-0.2, 0) is 57.5 Å². The van der Waals surface area contributed by atoms with E-state index in [1.54, 1.807) is 36.4 Å². The Bertz CT molecular complexity index is 3050. The highest BCUT2D eigenvalue weighted by Crippen LogP contribution is 2.39. The molecule has 0 spiro atoms. The summed E-state index contributed by atoms with van der Waals surface area (Å²) in [5.74, 6) is 5.03. The van der Waals surface area contributed by atoms with E-state index in [4.69, 9.17) is 53.2 Å². The van der Waals surface area contributed by atoms with Crippen LogP contribution in [0.4, 0.5) is 0 Å². The standard InChI is InChI=1S/C23H30O3.C21H34O3.C19H32O2.3C8H10O/c1-5-17-10-12-18(13-11-17)25-22(16-23(2,3)4)26-21-14-15-24-20-9-7-6-8-19(20)21;1-6-17-9-11-18(12-10-17)24-20(23-15-16(2)3)14-21(4,5)19-8-7-13-22-19;1-7-16-10-12-18(13-11-16)21-19(6,14-15(4)5)20-17(8-2)9-3;3*1-2-7-3-5-8(9)6-4-7/h6-13,21-22H,5,14-16H2,1-4H3;9-12,16,19-20H,6-8,13-15H2,1-5H3;10-13,15,17H,7-9,14H2,1-6H3;3*3-6,9H,2H2,1H3. The first-order valence-corrected chi connectivity index (χ1v) is 36.7. The van der Waals surface area contributed by atoms with Gasteiger partial charge in [-0.05, 0) is 199 Å². The minimum Gasteiger partial charge on any atom is -0.508 e. The van der Waals surface area contributed by atoms with Crippen molar-refractivity contribution in [1.82, 2.24) is 0 Å². The van der Waals surface area contributed by atoms with E-state index in [-0.39, 0.29) is 35.6 Å². The fraction of sp³-hybridized carbons (Fsp3) is 0.517. The lowest BCUT2D eigenvalue weighted by Gasteiger charge is -2.35. The second-order valence-electron chi connectivity index (χ2n) is 28.5. The molecule has 0 aromatic heterocycles. The van der Waals surface area contributed by atoms with Gasteiger partial charge in [0.25, 0.3) is 0 Å². The van der Waals surface area contributed by atoms with E-state index in [2.05, 4.69) is 167 Å². The van der Waals surface area contributed by atoms with Gasteiger partial charge in [0.15, 0.2) is 6.29 Å². The molecule has 11 nitrogen and oxygen atoms in total. The van der Waals surface area contributed by atoms with Crippen LogP contribution in [0.2, 0.25) is 0 Å². The summed E-state index contributed by atoms with van der Waals surface area (Å²) < 4.78 is 49.1. The Balaban J connectivity index is 0.000000263. The van der Waals surface area contributed by atoms with Crippen molar-refractivity contribution in [2.24, 2.45) is 22.7 Å². The van der Waals surface area contributed by atoms with Gasteiger partial charge < -0.3 is 53.2 Å². The van der Waals surface area contributed by atoms with Crippen molar-refractivity contribution >= 4 is 0 Å². The molecule has 1 saturated heterocycles. The topological polar surface area (TPSA) is 135 Å². The number of phenols is 3. The van der Waals surface area contributed by atoms with Gasteiger partial charge in [0.2, 0.25) is 12.1 Å². The van der Waals surface area contributed by atoms with Gasteiger partial charge in [0.05, 0.1) is 31.5 Å². The summed E-state index contributed by atoms with van der Waals surface area (Å²) in [4.78, 5) is 0. The molecule has 3 N–H and O–H groups in total. The highest BCUT2D eigenvalue weighted by Gasteiger charge is 2.37. The number of rotatable bonds is 27. The summed E-state index contributed by atoms with van der Waals surface area (Å²) in [5.41, 5.74) is 9.00. The zero-order valence-corrected chi connectivity index (χ0v) is 63.3. The fourth-order valence-electron chi connectivity index (χ4n) is 11.3. The first-order chi connectivity index (χ1) is 46.7. The predicted molar refractivity (Wildman–Crippen MR) is 405 cm³/mol. The van der Waals surface area contributed by atoms with Gasteiger partial charge in [-0.1, -0.05) is 209 Å². The molecule has 0 saturated carbocycles. The van der Waals surface area contributed by atoms with Crippen LogP contribution in [0.5, 0.6) is 40.2 Å². The second kappa shape index (κ2) is 44.2. The van der Waals surface area contributed by atoms with Gasteiger partial charge in [-0.15, -0.1) is 0 Å². The van der Waals surface area contributed by atoms with E-state index in [0.29, 0.717) is 48.4 Å². The minimum absolute atomic E-state index is 0.00205. The molecule has 7 aromatic rings. The quantitative estimate of drug-likeness (QED) is 0.0425. The average Bonchev–Trinajstić information content (AvgIpc) is 0.875. The van der Waals surface area contributed by atoms with Crippen molar-refractivity contribution in [3.05, 3.63) is 209 Å². The predicted octanol–water partition coefficient (Wildman–Crippen LogP) is 22.6. The molecule has 2 aliphatic rings. The highest BCUT2D eigenvalue weighted by molar-refractivity contribution is 5.37. The van der Waals surface area contributed by atoms with Gasteiger partial charge in [0.1, 0.15) is 40.2 Å². The van der Waals surface area contributed by atoms with E-state index in [9.17, 15) is 0 Å². The SMILES string of the molecule is CCc1ccc(O)cc1.CCc1ccc(O)cc1.CCc1ccc(O)cc1.CCc1ccc(OC(C)(CC(C)C)OC(CC)CC)cc1.CCc1ccc(OC(CC(C)(C)C)OC2CCOc3ccccc32)cc1.CCc1ccc(OC(CC(C)(C)C2CCCO2)OCC(C)C)cc1. The van der Waals surface area contributed by atoms with Crippen molar-refractivity contribution in [3.63, 3.8) is 0 Å². The summed E-state index contributed by atoms with van der Waals surface area (Å²) >= 11 is 0. The lowest BCUT2D eigenvalue weighted by molar-refractivity contribution is -0.209. The fourth-order valence-corrected chi connectivity index (χ4v) is 11.3. The number of hydrogen-bond acceptors (Lipinski definition) is 11. The van der Waals surface area contributed by atoms with Crippen molar-refractivity contribution < 1.29 is 53.2 Å². The van der Waals surface area contributed by atoms with Crippen molar-refractivity contribution in [2.45, 2.75) is 251 Å². The summed E-state index contributed by atoms with van der Waals surface area (Å²) in [6.07, 6.45) is 13.9. The molecule has 9 rings (SSSR count). The Morgan fingerprint density at radius 3 is 1.23 bits per heavy atom. The number of fused-ring (bicyclic) bond motifs is 1. The van der Waals surface area contributed by atoms with Crippen molar-refractivity contribution in [1.29, 1.82) is 0 Å². The van der Waals surface area contributed by atoms with Crippen LogP contribution < -0.4 is 18.9 Å². The number of aryl methyl sites for hydroxylation is 6. The van der Waals surface area contributed by atoms with Crippen LogP contribution in [0.15, 0.2) is 170 Å². The Hall–Kier alpha value is -7.02. The van der Waals surface area contributed by atoms with E-state index in [1.807, 2.05) is 91.0 Å². The molecule has 2 heterocycles. The van der Waals surface area contributed by atoms with Crippen molar-refractivity contribution in [2.75, 3.05) is 19.8 Å². The Morgan fingerprint density at radius 2 is 0.857 bits per heavy atom. The van der Waals surface area contributed by atoms with E-state index >= 15 is 0 Å². The Labute approximate surface area is 593 Å². The van der Waals surface area contributed by atoms with E-state index in [1.165, 1.54) is 33.4 Å². The van der Waals surface area contributed by atoms with Gasteiger partial charge in [-0.25, -0.2) is 0 Å². The molecule has 11 heteroatoms. The maximum atomic E-state index is 8.85. The zero-order chi connectivity index (χ0) is 72.1. The van der Waals surface area contributed by atoms with Crippen LogP contribution in [-0.4, -0.2) is 65.7 Å². The molecule has 540 valence electrons. The van der Waals surface area contributed by atoms with Gasteiger partial charge >= 0.3 is 0 Å². The minimum atomic E-state index is -0.557. The molecule has 0 aliphatic carbocycles. The highest BCUT2D eigenvalue weighted by atomic mass is 16.7. The zero-order valence-electron chi connectivity index (χ0n) is 63.3. The summed E-state index contributed by atoms with van der Waals surface area (Å²) in [6, 6.07) is 54.9. The monoisotopic (exact) mass is 1350 g/mol. The molecule has 0 bridgehead atoms. The maximum Gasteiger partial charge on any atom is 0.208 e. The van der Waals surface area contributed by atoms with E-state index in [0.717, 1.165) is 125 Å². The lowest BCUT2D eigenvalue weighted by atomic mass is 9.81. The van der Waals surface area contributed by atoms with Crippen LogP contribution in [0, 0.1) is 22.7 Å². The molecule has 7 aromatic carbocycles. The smallest absolute Gasteiger partial charge is 0.208 e. The Morgan fingerprint density at radius 1 is 0.449 bits per heavy atom. The molecule has 1 fully saturated rings. The molecule has 0 amide bonds. The van der Waals surface area contributed by atoms with Gasteiger partial charge in [0, 0.05) is 44.8 Å². The molecular formula is C87H126O11.